The van der Waals surface area contributed by atoms with Crippen LogP contribution in [0.25, 0.3) is 0 Å². The Morgan fingerprint density at radius 3 is 2.59 bits per heavy atom. The van der Waals surface area contributed by atoms with Crippen molar-refractivity contribution in [2.45, 2.75) is 45.6 Å². The number of carbonyl (C=O) groups excluding carboxylic acids is 1. The Bertz CT molecular complexity index is 296. The van der Waals surface area contributed by atoms with Crippen LogP contribution in [-0.4, -0.2) is 29.7 Å². The molecule has 1 fully saturated rings. The van der Waals surface area contributed by atoms with Crippen molar-refractivity contribution in [2.75, 3.05) is 6.54 Å². The van der Waals surface area contributed by atoms with E-state index >= 15 is 0 Å². The Morgan fingerprint density at radius 2 is 2.06 bits per heavy atom. The van der Waals surface area contributed by atoms with Crippen LogP contribution in [0.1, 0.15) is 39.5 Å². The van der Waals surface area contributed by atoms with Gasteiger partial charge >= 0.3 is 6.03 Å². The number of rotatable bonds is 4. The molecule has 2 amide bonds. The molecule has 0 radical (unpaired) electrons. The normalized spacial score (nSPS) is 18.1. The van der Waals surface area contributed by atoms with Crippen LogP contribution in [0.2, 0.25) is 0 Å². The Hall–Kier alpha value is -1.46. The SMILES string of the molecule is CC(C)(CNC(=O)NC1CCCC1)C(N)=NO. The predicted molar refractivity (Wildman–Crippen MR) is 66.0 cm³/mol. The molecule has 1 aliphatic carbocycles. The van der Waals surface area contributed by atoms with Gasteiger partial charge in [-0.3, -0.25) is 0 Å². The molecule has 0 saturated heterocycles. The van der Waals surface area contributed by atoms with Gasteiger partial charge in [0.2, 0.25) is 0 Å². The van der Waals surface area contributed by atoms with Crippen molar-refractivity contribution >= 4 is 11.9 Å². The number of oxime groups is 1. The zero-order chi connectivity index (χ0) is 12.9. The Morgan fingerprint density at radius 1 is 1.47 bits per heavy atom. The first-order chi connectivity index (χ1) is 7.95. The second-order valence-electron chi connectivity index (χ2n) is 5.18. The van der Waals surface area contributed by atoms with Crippen molar-refractivity contribution in [3.8, 4) is 0 Å². The van der Waals surface area contributed by atoms with Crippen LogP contribution in [0.5, 0.6) is 0 Å². The highest BCUT2D eigenvalue weighted by atomic mass is 16.4. The molecular formula is C11H22N4O2. The molecule has 0 spiro atoms. The number of nitrogens with one attached hydrogen (secondary N) is 2. The van der Waals surface area contributed by atoms with Crippen molar-refractivity contribution in [2.24, 2.45) is 16.3 Å². The van der Waals surface area contributed by atoms with Gasteiger partial charge in [-0.25, -0.2) is 4.79 Å². The molecule has 1 rings (SSSR count). The summed E-state index contributed by atoms with van der Waals surface area (Å²) >= 11 is 0. The van der Waals surface area contributed by atoms with Gasteiger partial charge in [-0.15, -0.1) is 0 Å². The Kier molecular flexibility index (Phi) is 4.60. The number of hydrogen-bond acceptors (Lipinski definition) is 3. The van der Waals surface area contributed by atoms with E-state index in [-0.39, 0.29) is 11.9 Å². The first-order valence-electron chi connectivity index (χ1n) is 5.98. The quantitative estimate of drug-likeness (QED) is 0.256. The zero-order valence-electron chi connectivity index (χ0n) is 10.5. The minimum absolute atomic E-state index is 0.110. The molecule has 98 valence electrons. The van der Waals surface area contributed by atoms with Gasteiger partial charge in [0.25, 0.3) is 0 Å². The van der Waals surface area contributed by atoms with E-state index in [1.165, 1.54) is 12.8 Å². The number of urea groups is 1. The molecule has 0 bridgehead atoms. The minimum atomic E-state index is -0.554. The lowest BCUT2D eigenvalue weighted by Gasteiger charge is -2.23. The number of nitrogens with zero attached hydrogens (tertiary/aromatic N) is 1. The molecule has 0 atom stereocenters. The lowest BCUT2D eigenvalue weighted by atomic mass is 9.92. The lowest BCUT2D eigenvalue weighted by Crippen LogP contribution is -2.47. The van der Waals surface area contributed by atoms with E-state index in [4.69, 9.17) is 10.9 Å². The maximum absolute atomic E-state index is 11.6. The van der Waals surface area contributed by atoms with Gasteiger partial charge in [-0.05, 0) is 12.8 Å². The highest BCUT2D eigenvalue weighted by Crippen LogP contribution is 2.17. The first kappa shape index (κ1) is 13.6. The average Bonchev–Trinajstić information content (AvgIpc) is 2.78. The predicted octanol–water partition coefficient (Wildman–Crippen LogP) is 1.00. The highest BCUT2D eigenvalue weighted by molar-refractivity contribution is 5.86. The third kappa shape index (κ3) is 4.13. The molecule has 17 heavy (non-hydrogen) atoms. The topological polar surface area (TPSA) is 99.7 Å². The van der Waals surface area contributed by atoms with E-state index in [1.54, 1.807) is 13.8 Å². The van der Waals surface area contributed by atoms with Crippen molar-refractivity contribution < 1.29 is 10.0 Å². The molecular weight excluding hydrogens is 220 g/mol. The summed E-state index contributed by atoms with van der Waals surface area (Å²) in [5.74, 6) is 0.110. The van der Waals surface area contributed by atoms with E-state index in [2.05, 4.69) is 15.8 Å². The average molecular weight is 242 g/mol. The summed E-state index contributed by atoms with van der Waals surface area (Å²) in [7, 11) is 0. The number of carbonyl (C=O) groups is 1. The Labute approximate surface area is 102 Å². The van der Waals surface area contributed by atoms with Crippen LogP contribution in [0, 0.1) is 5.41 Å². The van der Waals surface area contributed by atoms with E-state index in [0.717, 1.165) is 12.8 Å². The molecule has 0 aromatic carbocycles. The highest BCUT2D eigenvalue weighted by Gasteiger charge is 2.25. The fourth-order valence-electron chi connectivity index (χ4n) is 1.83. The Balaban J connectivity index is 2.32. The second-order valence-corrected chi connectivity index (χ2v) is 5.18. The molecule has 0 aromatic heterocycles. The number of amidine groups is 1. The molecule has 1 saturated carbocycles. The smallest absolute Gasteiger partial charge is 0.315 e. The van der Waals surface area contributed by atoms with Crippen LogP contribution in [-0.2, 0) is 0 Å². The van der Waals surface area contributed by atoms with Gasteiger partial charge in [0.15, 0.2) is 0 Å². The summed E-state index contributed by atoms with van der Waals surface area (Å²) in [6.07, 6.45) is 4.47. The maximum Gasteiger partial charge on any atom is 0.315 e. The first-order valence-corrected chi connectivity index (χ1v) is 5.98. The van der Waals surface area contributed by atoms with Gasteiger partial charge in [0.1, 0.15) is 5.84 Å². The van der Waals surface area contributed by atoms with Crippen LogP contribution < -0.4 is 16.4 Å². The summed E-state index contributed by atoms with van der Waals surface area (Å²) in [6, 6.07) is 0.109. The van der Waals surface area contributed by atoms with Crippen LogP contribution >= 0.6 is 0 Å². The molecule has 5 N–H and O–H groups in total. The molecule has 6 nitrogen and oxygen atoms in total. The van der Waals surface area contributed by atoms with Crippen LogP contribution in [0.4, 0.5) is 4.79 Å². The monoisotopic (exact) mass is 242 g/mol. The van der Waals surface area contributed by atoms with Gasteiger partial charge in [0, 0.05) is 18.0 Å². The molecule has 1 aliphatic rings. The largest absolute Gasteiger partial charge is 0.409 e. The maximum atomic E-state index is 11.6. The lowest BCUT2D eigenvalue weighted by molar-refractivity contribution is 0.233. The van der Waals surface area contributed by atoms with Gasteiger partial charge in [0.05, 0.1) is 0 Å². The van der Waals surface area contributed by atoms with Crippen LogP contribution in [0.3, 0.4) is 0 Å². The third-order valence-electron chi connectivity index (χ3n) is 3.18. The number of hydrogen-bond donors (Lipinski definition) is 4. The van der Waals surface area contributed by atoms with E-state index < -0.39 is 5.41 Å². The number of amides is 2. The molecule has 6 heteroatoms. The number of nitrogens with two attached hydrogens (primary N) is 1. The van der Waals surface area contributed by atoms with Gasteiger partial charge < -0.3 is 21.6 Å². The molecule has 0 aromatic rings. The fraction of sp³-hybridized carbons (Fsp3) is 0.818. The molecule has 0 heterocycles. The van der Waals surface area contributed by atoms with Gasteiger partial charge in [-0.2, -0.15) is 0 Å². The van der Waals surface area contributed by atoms with Crippen molar-refractivity contribution in [1.82, 2.24) is 10.6 Å². The summed E-state index contributed by atoms with van der Waals surface area (Å²) in [4.78, 5) is 11.6. The van der Waals surface area contributed by atoms with E-state index in [9.17, 15) is 4.79 Å². The van der Waals surface area contributed by atoms with Crippen molar-refractivity contribution in [3.63, 3.8) is 0 Å². The minimum Gasteiger partial charge on any atom is -0.409 e. The summed E-state index contributed by atoms with van der Waals surface area (Å²) < 4.78 is 0. The fourth-order valence-corrected chi connectivity index (χ4v) is 1.83. The van der Waals surface area contributed by atoms with E-state index in [1.807, 2.05) is 0 Å². The zero-order valence-corrected chi connectivity index (χ0v) is 10.5. The summed E-state index contributed by atoms with van der Waals surface area (Å²) in [6.45, 7) is 3.94. The third-order valence-corrected chi connectivity index (χ3v) is 3.18. The summed E-state index contributed by atoms with van der Waals surface area (Å²) in [5.41, 5.74) is 4.98. The molecule has 0 unspecified atom stereocenters. The van der Waals surface area contributed by atoms with Crippen molar-refractivity contribution in [3.05, 3.63) is 0 Å². The second kappa shape index (κ2) is 5.75. The van der Waals surface area contributed by atoms with Crippen LogP contribution in [0.15, 0.2) is 5.16 Å². The van der Waals surface area contributed by atoms with E-state index in [0.29, 0.717) is 12.6 Å². The standard InChI is InChI=1S/C11H22N4O2/c1-11(2,9(12)15-17)7-13-10(16)14-8-5-3-4-6-8/h8,17H,3-7H2,1-2H3,(H2,12,15)(H2,13,14,16). The summed E-state index contributed by atoms with van der Waals surface area (Å²) in [5, 5.41) is 17.2. The van der Waals surface area contributed by atoms with Gasteiger partial charge in [-0.1, -0.05) is 31.8 Å². The molecule has 0 aliphatic heterocycles. The van der Waals surface area contributed by atoms with Crippen molar-refractivity contribution in [1.29, 1.82) is 0 Å².